The van der Waals surface area contributed by atoms with Gasteiger partial charge in [-0.25, -0.2) is 4.79 Å². The number of amides is 3. The Kier molecular flexibility index (Phi) is 5.01. The molecule has 0 heterocycles. The average molecular weight is 318 g/mol. The first-order valence-electron chi connectivity index (χ1n) is 6.65. The van der Waals surface area contributed by atoms with Gasteiger partial charge in [-0.1, -0.05) is 23.7 Å². The van der Waals surface area contributed by atoms with Crippen LogP contribution >= 0.6 is 11.6 Å². The third kappa shape index (κ3) is 4.23. The Morgan fingerprint density at radius 3 is 2.59 bits per heavy atom. The van der Waals surface area contributed by atoms with Gasteiger partial charge in [-0.05, 0) is 48.4 Å². The van der Waals surface area contributed by atoms with Crippen molar-refractivity contribution in [1.29, 1.82) is 0 Å². The Hall–Kier alpha value is -2.53. The zero-order chi connectivity index (χ0) is 16.1. The summed E-state index contributed by atoms with van der Waals surface area (Å²) >= 11 is 5.88. The van der Waals surface area contributed by atoms with E-state index in [1.54, 1.807) is 37.3 Å². The summed E-state index contributed by atoms with van der Waals surface area (Å²) in [6.07, 6.45) is 0. The van der Waals surface area contributed by atoms with E-state index in [0.717, 1.165) is 5.56 Å². The van der Waals surface area contributed by atoms with Crippen LogP contribution in [0.5, 0.6) is 0 Å². The number of nitrogens with two attached hydrogens (primary N) is 1. The number of primary amides is 1. The molecule has 0 saturated heterocycles. The first-order chi connectivity index (χ1) is 10.5. The zero-order valence-electron chi connectivity index (χ0n) is 12.0. The number of aryl methyl sites for hydroxylation is 1. The van der Waals surface area contributed by atoms with Crippen LogP contribution in [0.25, 0.3) is 0 Å². The maximum atomic E-state index is 11.9. The highest BCUT2D eigenvalue weighted by molar-refractivity contribution is 6.30. The summed E-state index contributed by atoms with van der Waals surface area (Å²) < 4.78 is 0. The maximum Gasteiger partial charge on any atom is 0.319 e. The van der Waals surface area contributed by atoms with Crippen LogP contribution in [0.3, 0.4) is 0 Å². The molecule has 2 rings (SSSR count). The van der Waals surface area contributed by atoms with Crippen molar-refractivity contribution in [3.8, 4) is 0 Å². The number of carbonyl (C=O) groups is 2. The fourth-order valence-electron chi connectivity index (χ4n) is 2.02. The summed E-state index contributed by atoms with van der Waals surface area (Å²) in [5, 5.41) is 6.05. The largest absolute Gasteiger partial charge is 0.366 e. The highest BCUT2D eigenvalue weighted by Gasteiger charge is 2.07. The van der Waals surface area contributed by atoms with E-state index in [9.17, 15) is 9.59 Å². The van der Waals surface area contributed by atoms with Gasteiger partial charge >= 0.3 is 6.03 Å². The van der Waals surface area contributed by atoms with E-state index in [4.69, 9.17) is 17.3 Å². The SMILES string of the molecule is Cc1cc(NC(=O)NCc2cccc(Cl)c2)ccc1C(N)=O. The van der Waals surface area contributed by atoms with Crippen molar-refractivity contribution >= 4 is 29.2 Å². The van der Waals surface area contributed by atoms with Crippen molar-refractivity contribution in [2.45, 2.75) is 13.5 Å². The van der Waals surface area contributed by atoms with Crippen LogP contribution in [0.1, 0.15) is 21.5 Å². The van der Waals surface area contributed by atoms with Gasteiger partial charge < -0.3 is 16.4 Å². The van der Waals surface area contributed by atoms with Gasteiger partial charge in [0, 0.05) is 22.8 Å². The van der Waals surface area contributed by atoms with Gasteiger partial charge in [0.1, 0.15) is 0 Å². The van der Waals surface area contributed by atoms with E-state index in [0.29, 0.717) is 28.4 Å². The molecule has 0 fully saturated rings. The van der Waals surface area contributed by atoms with E-state index in [2.05, 4.69) is 10.6 Å². The number of halogens is 1. The lowest BCUT2D eigenvalue weighted by atomic mass is 10.1. The van der Waals surface area contributed by atoms with Crippen molar-refractivity contribution in [2.24, 2.45) is 5.73 Å². The van der Waals surface area contributed by atoms with Crippen LogP contribution in [-0.2, 0) is 6.54 Å². The molecule has 0 radical (unpaired) electrons. The van der Waals surface area contributed by atoms with E-state index < -0.39 is 5.91 Å². The predicted molar refractivity (Wildman–Crippen MR) is 87.0 cm³/mol. The monoisotopic (exact) mass is 317 g/mol. The summed E-state index contributed by atoms with van der Waals surface area (Å²) in [6.45, 7) is 2.12. The number of benzene rings is 2. The standard InChI is InChI=1S/C16H16ClN3O2/c1-10-7-13(5-6-14(10)15(18)21)20-16(22)19-9-11-3-2-4-12(17)8-11/h2-8H,9H2,1H3,(H2,18,21)(H2,19,20,22). The molecule has 5 nitrogen and oxygen atoms in total. The van der Waals surface area contributed by atoms with Gasteiger partial charge in [0.2, 0.25) is 5.91 Å². The third-order valence-corrected chi connectivity index (χ3v) is 3.33. The van der Waals surface area contributed by atoms with E-state index in [1.165, 1.54) is 0 Å². The Labute approximate surface area is 133 Å². The smallest absolute Gasteiger partial charge is 0.319 e. The molecule has 3 amide bonds. The first kappa shape index (κ1) is 15.9. The second-order valence-corrected chi connectivity index (χ2v) is 5.27. The molecule has 2 aromatic rings. The fourth-order valence-corrected chi connectivity index (χ4v) is 2.24. The van der Waals surface area contributed by atoms with Gasteiger partial charge in [-0.3, -0.25) is 4.79 Å². The summed E-state index contributed by atoms with van der Waals surface area (Å²) in [4.78, 5) is 23.0. The van der Waals surface area contributed by atoms with E-state index in [-0.39, 0.29) is 6.03 Å². The molecule has 0 atom stereocenters. The van der Waals surface area contributed by atoms with E-state index >= 15 is 0 Å². The lowest BCUT2D eigenvalue weighted by molar-refractivity contribution is 0.0999. The molecule has 0 aromatic heterocycles. The molecule has 6 heteroatoms. The Morgan fingerprint density at radius 1 is 1.18 bits per heavy atom. The number of hydrogen-bond donors (Lipinski definition) is 3. The highest BCUT2D eigenvalue weighted by atomic mass is 35.5. The molecule has 0 aliphatic carbocycles. The van der Waals surface area contributed by atoms with Gasteiger partial charge in [-0.15, -0.1) is 0 Å². The molecular formula is C16H16ClN3O2. The minimum atomic E-state index is -0.491. The molecule has 4 N–H and O–H groups in total. The van der Waals surface area contributed by atoms with Crippen molar-refractivity contribution in [3.05, 3.63) is 64.2 Å². The minimum Gasteiger partial charge on any atom is -0.366 e. The Morgan fingerprint density at radius 2 is 1.95 bits per heavy atom. The topological polar surface area (TPSA) is 84.2 Å². The number of carbonyl (C=O) groups excluding carboxylic acids is 2. The second kappa shape index (κ2) is 6.95. The molecule has 0 spiro atoms. The van der Waals surface area contributed by atoms with Crippen LogP contribution in [-0.4, -0.2) is 11.9 Å². The van der Waals surface area contributed by atoms with Gasteiger partial charge in [-0.2, -0.15) is 0 Å². The van der Waals surface area contributed by atoms with Crippen molar-refractivity contribution < 1.29 is 9.59 Å². The van der Waals surface area contributed by atoms with E-state index in [1.807, 2.05) is 12.1 Å². The maximum absolute atomic E-state index is 11.9. The molecule has 0 aliphatic heterocycles. The van der Waals surface area contributed by atoms with Crippen molar-refractivity contribution in [1.82, 2.24) is 5.32 Å². The molecule has 0 aliphatic rings. The first-order valence-corrected chi connectivity index (χ1v) is 7.03. The number of anilines is 1. The third-order valence-electron chi connectivity index (χ3n) is 3.09. The lowest BCUT2D eigenvalue weighted by Crippen LogP contribution is -2.28. The van der Waals surface area contributed by atoms with Gasteiger partial charge in [0.25, 0.3) is 0 Å². The predicted octanol–water partition coefficient (Wildman–Crippen LogP) is 3.07. The molecule has 22 heavy (non-hydrogen) atoms. The summed E-state index contributed by atoms with van der Waals surface area (Å²) in [6, 6.07) is 11.8. The summed E-state index contributed by atoms with van der Waals surface area (Å²) in [7, 11) is 0. The van der Waals surface area contributed by atoms with Crippen LogP contribution < -0.4 is 16.4 Å². The molecule has 0 unspecified atom stereocenters. The van der Waals surface area contributed by atoms with Crippen LogP contribution in [0.15, 0.2) is 42.5 Å². The quantitative estimate of drug-likeness (QED) is 0.809. The fraction of sp³-hybridized carbons (Fsp3) is 0.125. The molecule has 0 saturated carbocycles. The van der Waals surface area contributed by atoms with Crippen LogP contribution in [0, 0.1) is 6.92 Å². The normalized spacial score (nSPS) is 10.1. The highest BCUT2D eigenvalue weighted by Crippen LogP contribution is 2.15. The molecule has 0 bridgehead atoms. The van der Waals surface area contributed by atoms with Gasteiger partial charge in [0.15, 0.2) is 0 Å². The van der Waals surface area contributed by atoms with Crippen LogP contribution in [0.2, 0.25) is 5.02 Å². The minimum absolute atomic E-state index is 0.341. The molecule has 114 valence electrons. The number of hydrogen-bond acceptors (Lipinski definition) is 2. The Balaban J connectivity index is 1.95. The summed E-state index contributed by atoms with van der Waals surface area (Å²) in [5.41, 5.74) is 7.88. The molecule has 2 aromatic carbocycles. The zero-order valence-corrected chi connectivity index (χ0v) is 12.8. The van der Waals surface area contributed by atoms with Crippen molar-refractivity contribution in [2.75, 3.05) is 5.32 Å². The summed E-state index contributed by atoms with van der Waals surface area (Å²) in [5.74, 6) is -0.491. The Bertz CT molecular complexity index is 716. The lowest BCUT2D eigenvalue weighted by Gasteiger charge is -2.10. The van der Waals surface area contributed by atoms with Crippen LogP contribution in [0.4, 0.5) is 10.5 Å². The molecular weight excluding hydrogens is 302 g/mol. The second-order valence-electron chi connectivity index (χ2n) is 4.83. The number of nitrogens with one attached hydrogen (secondary N) is 2. The van der Waals surface area contributed by atoms with Gasteiger partial charge in [0.05, 0.1) is 0 Å². The number of rotatable bonds is 4. The number of urea groups is 1. The van der Waals surface area contributed by atoms with Crippen molar-refractivity contribution in [3.63, 3.8) is 0 Å². The average Bonchev–Trinajstić information content (AvgIpc) is 2.45.